The molecule has 0 fully saturated rings. The van der Waals surface area contributed by atoms with Crippen LogP contribution in [0.5, 0.6) is 0 Å². The van der Waals surface area contributed by atoms with E-state index in [0.717, 1.165) is 36.1 Å². The van der Waals surface area contributed by atoms with Crippen molar-refractivity contribution in [3.05, 3.63) is 41.7 Å². The highest BCUT2D eigenvalue weighted by Crippen LogP contribution is 2.33. The number of fused-ring (bicyclic) bond motifs is 3. The number of benzene rings is 1. The maximum absolute atomic E-state index is 11.5. The summed E-state index contributed by atoms with van der Waals surface area (Å²) in [6.07, 6.45) is 4.37. The fourth-order valence-electron chi connectivity index (χ4n) is 3.09. The second-order valence-corrected chi connectivity index (χ2v) is 6.26. The molecule has 0 bridgehead atoms. The Morgan fingerprint density at radius 3 is 2.74 bits per heavy atom. The van der Waals surface area contributed by atoms with E-state index in [4.69, 9.17) is 0 Å². The minimum Gasteiger partial charge on any atom is -0.480 e. The second-order valence-electron chi connectivity index (χ2n) is 6.26. The average Bonchev–Trinajstić information content (AvgIpc) is 2.72. The maximum atomic E-state index is 11.5. The van der Waals surface area contributed by atoms with Crippen molar-refractivity contribution >= 4 is 11.8 Å². The molecule has 0 radical (unpaired) electrons. The topological polar surface area (TPSA) is 75.1 Å². The van der Waals surface area contributed by atoms with Crippen molar-refractivity contribution in [2.75, 3.05) is 5.32 Å². The zero-order valence-electron chi connectivity index (χ0n) is 13.4. The van der Waals surface area contributed by atoms with Crippen molar-refractivity contribution in [2.45, 2.75) is 39.2 Å². The molecule has 1 aliphatic carbocycles. The van der Waals surface area contributed by atoms with Gasteiger partial charge in [-0.3, -0.25) is 0 Å². The highest BCUT2D eigenvalue weighted by Gasteiger charge is 2.25. The average molecular weight is 311 g/mol. The van der Waals surface area contributed by atoms with Crippen molar-refractivity contribution in [3.8, 4) is 11.3 Å². The van der Waals surface area contributed by atoms with Gasteiger partial charge in [-0.25, -0.2) is 14.8 Å². The predicted octanol–water partition coefficient (Wildman–Crippen LogP) is 3.15. The maximum Gasteiger partial charge on any atom is 0.326 e. The van der Waals surface area contributed by atoms with Gasteiger partial charge in [0.05, 0.1) is 5.69 Å². The van der Waals surface area contributed by atoms with Gasteiger partial charge in [0.2, 0.25) is 0 Å². The first-order chi connectivity index (χ1) is 11.1. The Labute approximate surface area is 135 Å². The van der Waals surface area contributed by atoms with Gasteiger partial charge in [0.15, 0.2) is 0 Å². The highest BCUT2D eigenvalue weighted by molar-refractivity contribution is 5.79. The summed E-state index contributed by atoms with van der Waals surface area (Å²) >= 11 is 0. The Balaban J connectivity index is 2.05. The van der Waals surface area contributed by atoms with Crippen molar-refractivity contribution < 1.29 is 9.90 Å². The molecule has 0 aliphatic heterocycles. The molecule has 2 aromatic rings. The molecule has 1 atom stereocenters. The molecule has 2 N–H and O–H groups in total. The molecule has 5 nitrogen and oxygen atoms in total. The third-order valence-corrected chi connectivity index (χ3v) is 4.32. The summed E-state index contributed by atoms with van der Waals surface area (Å²) in [5.74, 6) is -0.245. The number of hydrogen-bond donors (Lipinski definition) is 2. The van der Waals surface area contributed by atoms with E-state index in [-0.39, 0.29) is 5.92 Å². The summed E-state index contributed by atoms with van der Waals surface area (Å²) < 4.78 is 0. The van der Waals surface area contributed by atoms with Crippen molar-refractivity contribution in [2.24, 2.45) is 5.92 Å². The van der Waals surface area contributed by atoms with E-state index in [1.165, 1.54) is 11.9 Å². The Bertz CT molecular complexity index is 728. The number of carbonyl (C=O) groups is 1. The lowest BCUT2D eigenvalue weighted by molar-refractivity contribution is -0.138. The van der Waals surface area contributed by atoms with E-state index in [0.29, 0.717) is 5.82 Å². The number of anilines is 1. The SMILES string of the molecule is CC(C)[C@H](Nc1ncnc2c1CCCc1ccccc1-2)C(=O)O. The first-order valence-corrected chi connectivity index (χ1v) is 7.99. The molecule has 0 unspecified atom stereocenters. The van der Waals surface area contributed by atoms with E-state index >= 15 is 0 Å². The van der Waals surface area contributed by atoms with Crippen LogP contribution >= 0.6 is 0 Å². The van der Waals surface area contributed by atoms with Gasteiger partial charge in [0.1, 0.15) is 18.2 Å². The minimum atomic E-state index is -0.860. The van der Waals surface area contributed by atoms with Crippen molar-refractivity contribution in [3.63, 3.8) is 0 Å². The van der Waals surface area contributed by atoms with Gasteiger partial charge in [0.25, 0.3) is 0 Å². The zero-order chi connectivity index (χ0) is 16.4. The summed E-state index contributed by atoms with van der Waals surface area (Å²) in [6.45, 7) is 3.78. The van der Waals surface area contributed by atoms with Crippen LogP contribution in [-0.4, -0.2) is 27.1 Å². The van der Waals surface area contributed by atoms with Crippen LogP contribution in [0.2, 0.25) is 0 Å². The number of carboxylic acid groups (broad SMARTS) is 1. The van der Waals surface area contributed by atoms with Crippen LogP contribution in [-0.2, 0) is 17.6 Å². The molecule has 1 aliphatic rings. The fraction of sp³-hybridized carbons (Fsp3) is 0.389. The Morgan fingerprint density at radius 1 is 1.22 bits per heavy atom. The van der Waals surface area contributed by atoms with Crippen LogP contribution in [0.25, 0.3) is 11.3 Å². The third kappa shape index (κ3) is 3.04. The molecule has 0 spiro atoms. The lowest BCUT2D eigenvalue weighted by Crippen LogP contribution is -2.35. The van der Waals surface area contributed by atoms with Gasteiger partial charge in [-0.05, 0) is 30.7 Å². The van der Waals surface area contributed by atoms with E-state index in [1.54, 1.807) is 0 Å². The van der Waals surface area contributed by atoms with Crippen LogP contribution in [0.3, 0.4) is 0 Å². The number of rotatable bonds is 4. The van der Waals surface area contributed by atoms with Crippen molar-refractivity contribution in [1.29, 1.82) is 0 Å². The van der Waals surface area contributed by atoms with E-state index in [1.807, 2.05) is 26.0 Å². The Morgan fingerprint density at radius 2 is 2.00 bits per heavy atom. The van der Waals surface area contributed by atoms with Crippen LogP contribution in [0, 0.1) is 5.92 Å². The lowest BCUT2D eigenvalue weighted by Gasteiger charge is -2.21. The fourth-order valence-corrected chi connectivity index (χ4v) is 3.09. The second kappa shape index (κ2) is 6.36. The van der Waals surface area contributed by atoms with Gasteiger partial charge >= 0.3 is 5.97 Å². The number of nitrogens with zero attached hydrogens (tertiary/aromatic N) is 2. The van der Waals surface area contributed by atoms with Gasteiger partial charge in [-0.15, -0.1) is 0 Å². The minimum absolute atomic E-state index is 0.0313. The summed E-state index contributed by atoms with van der Waals surface area (Å²) in [7, 11) is 0. The Hall–Kier alpha value is -2.43. The van der Waals surface area contributed by atoms with Crippen LogP contribution in [0.1, 0.15) is 31.4 Å². The van der Waals surface area contributed by atoms with Crippen molar-refractivity contribution in [1.82, 2.24) is 9.97 Å². The summed E-state index contributed by atoms with van der Waals surface area (Å²) in [5.41, 5.74) is 4.35. The Kier molecular flexibility index (Phi) is 4.28. The van der Waals surface area contributed by atoms with Crippen LogP contribution in [0.15, 0.2) is 30.6 Å². The van der Waals surface area contributed by atoms with Gasteiger partial charge in [-0.1, -0.05) is 38.1 Å². The van der Waals surface area contributed by atoms with E-state index in [2.05, 4.69) is 27.4 Å². The number of aryl methyl sites for hydroxylation is 1. The molecule has 3 rings (SSSR count). The molecule has 0 saturated heterocycles. The number of carboxylic acids is 1. The van der Waals surface area contributed by atoms with E-state index in [9.17, 15) is 9.90 Å². The lowest BCUT2D eigenvalue weighted by atomic mass is 10.0. The normalized spacial score (nSPS) is 14.6. The van der Waals surface area contributed by atoms with Gasteiger partial charge in [-0.2, -0.15) is 0 Å². The largest absolute Gasteiger partial charge is 0.480 e. The predicted molar refractivity (Wildman–Crippen MR) is 89.4 cm³/mol. The standard InChI is InChI=1S/C18H21N3O2/c1-11(2)15(18(22)23)21-17-14-9-5-7-12-6-3-4-8-13(12)16(14)19-10-20-17/h3-4,6,8,10-11,15H,5,7,9H2,1-2H3,(H,22,23)(H,19,20,21)/t15-/m0/s1. The third-order valence-electron chi connectivity index (χ3n) is 4.32. The molecular weight excluding hydrogens is 290 g/mol. The van der Waals surface area contributed by atoms with E-state index < -0.39 is 12.0 Å². The quantitative estimate of drug-likeness (QED) is 0.907. The molecule has 0 amide bonds. The number of aliphatic carboxylic acids is 1. The molecule has 1 heterocycles. The summed E-state index contributed by atoms with van der Waals surface area (Å²) in [6, 6.07) is 7.61. The number of hydrogen-bond acceptors (Lipinski definition) is 4. The molecule has 1 aromatic carbocycles. The summed E-state index contributed by atoms with van der Waals surface area (Å²) in [4.78, 5) is 20.3. The zero-order valence-corrected chi connectivity index (χ0v) is 13.4. The first-order valence-electron chi connectivity index (χ1n) is 7.99. The first kappa shape index (κ1) is 15.5. The molecule has 5 heteroatoms. The monoisotopic (exact) mass is 311 g/mol. The van der Waals surface area contributed by atoms with Gasteiger partial charge < -0.3 is 10.4 Å². The van der Waals surface area contributed by atoms with Gasteiger partial charge in [0, 0.05) is 11.1 Å². The van der Waals surface area contributed by atoms with Crippen LogP contribution < -0.4 is 5.32 Å². The number of nitrogens with one attached hydrogen (secondary N) is 1. The smallest absolute Gasteiger partial charge is 0.326 e. The highest BCUT2D eigenvalue weighted by atomic mass is 16.4. The number of aromatic nitrogens is 2. The molecule has 120 valence electrons. The molecule has 23 heavy (non-hydrogen) atoms. The molecule has 1 aromatic heterocycles. The van der Waals surface area contributed by atoms with Crippen LogP contribution in [0.4, 0.5) is 5.82 Å². The molecule has 0 saturated carbocycles. The molecular formula is C18H21N3O2. The summed E-state index contributed by atoms with van der Waals surface area (Å²) in [5, 5.41) is 12.5.